The Bertz CT molecular complexity index is 373. The minimum absolute atomic E-state index is 0.0532. The molecule has 0 radical (unpaired) electrons. The second kappa shape index (κ2) is 3.93. The Kier molecular flexibility index (Phi) is 2.78. The molecular weight excluding hydrogens is 258 g/mol. The molecular formula is C11H12BrNO2. The fourth-order valence-electron chi connectivity index (χ4n) is 1.98. The molecule has 0 saturated carbocycles. The van der Waals surface area contributed by atoms with Crippen LogP contribution in [0.25, 0.3) is 0 Å². The number of nitrogens with zero attached hydrogens (tertiary/aromatic N) is 1. The minimum Gasteiger partial charge on any atom is -0.275 e. The Balaban J connectivity index is 2.33. The van der Waals surface area contributed by atoms with Gasteiger partial charge < -0.3 is 0 Å². The summed E-state index contributed by atoms with van der Waals surface area (Å²) in [5.41, 5.74) is 0.648. The molecule has 3 nitrogen and oxygen atoms in total. The Morgan fingerprint density at radius 2 is 2.33 bits per heavy atom. The number of hydrogen-bond donors (Lipinski definition) is 0. The largest absolute Gasteiger partial charge is 0.275 e. The van der Waals surface area contributed by atoms with E-state index in [1.807, 2.05) is 19.1 Å². The Hall–Kier alpha value is -0.900. The van der Waals surface area contributed by atoms with Crippen molar-refractivity contribution in [3.8, 4) is 0 Å². The number of carbonyl (C=O) groups excluding carboxylic acids is 2. The number of rotatable bonds is 2. The van der Waals surface area contributed by atoms with E-state index in [-0.39, 0.29) is 23.8 Å². The predicted octanol–water partition coefficient (Wildman–Crippen LogP) is 1.64. The van der Waals surface area contributed by atoms with Crippen LogP contribution in [-0.2, 0) is 9.59 Å². The van der Waals surface area contributed by atoms with E-state index < -0.39 is 0 Å². The predicted molar refractivity (Wildman–Crippen MR) is 60.4 cm³/mol. The van der Waals surface area contributed by atoms with Crippen LogP contribution in [0.2, 0.25) is 0 Å². The highest BCUT2D eigenvalue weighted by molar-refractivity contribution is 9.09. The first-order valence-electron chi connectivity index (χ1n) is 4.97. The second-order valence-electron chi connectivity index (χ2n) is 3.86. The fraction of sp³-hybridized carbons (Fsp3) is 0.455. The number of fused-ring (bicyclic) bond motifs is 1. The summed E-state index contributed by atoms with van der Waals surface area (Å²) in [6.45, 7) is 1.87. The molecule has 0 N–H and O–H groups in total. The summed E-state index contributed by atoms with van der Waals surface area (Å²) in [6.07, 6.45) is 6.19. The molecule has 1 aliphatic heterocycles. The van der Waals surface area contributed by atoms with Gasteiger partial charge >= 0.3 is 0 Å². The average molecular weight is 270 g/mol. The molecule has 0 spiro atoms. The third-order valence-corrected chi connectivity index (χ3v) is 3.76. The molecule has 80 valence electrons. The molecule has 2 aliphatic rings. The van der Waals surface area contributed by atoms with E-state index in [4.69, 9.17) is 0 Å². The average Bonchev–Trinajstić information content (AvgIpc) is 2.52. The van der Waals surface area contributed by atoms with Crippen LogP contribution in [-0.4, -0.2) is 28.1 Å². The van der Waals surface area contributed by atoms with E-state index in [2.05, 4.69) is 15.9 Å². The molecule has 2 rings (SSSR count). The van der Waals surface area contributed by atoms with Crippen molar-refractivity contribution >= 4 is 27.7 Å². The van der Waals surface area contributed by atoms with E-state index in [1.54, 1.807) is 6.08 Å². The van der Waals surface area contributed by atoms with Gasteiger partial charge in [0.1, 0.15) is 0 Å². The maximum atomic E-state index is 12.0. The third kappa shape index (κ3) is 1.57. The van der Waals surface area contributed by atoms with Crippen molar-refractivity contribution in [3.05, 3.63) is 23.8 Å². The zero-order valence-corrected chi connectivity index (χ0v) is 10.0. The SMILES string of the molecule is CC(CBr)N1C(=O)C2=CC=CC[C@H]2C1=O. The van der Waals surface area contributed by atoms with E-state index >= 15 is 0 Å². The molecule has 1 unspecified atom stereocenters. The summed E-state index contributed by atoms with van der Waals surface area (Å²) in [5.74, 6) is -0.409. The van der Waals surface area contributed by atoms with Gasteiger partial charge in [-0.2, -0.15) is 0 Å². The van der Waals surface area contributed by atoms with E-state index in [0.717, 1.165) is 0 Å². The molecule has 1 fully saturated rings. The number of imide groups is 1. The topological polar surface area (TPSA) is 37.4 Å². The van der Waals surface area contributed by atoms with Gasteiger partial charge in [0.2, 0.25) is 5.91 Å². The van der Waals surface area contributed by atoms with Crippen LogP contribution in [0.1, 0.15) is 13.3 Å². The van der Waals surface area contributed by atoms with Crippen molar-refractivity contribution in [2.24, 2.45) is 5.92 Å². The summed E-state index contributed by atoms with van der Waals surface area (Å²) in [5, 5.41) is 0.623. The van der Waals surface area contributed by atoms with Crippen molar-refractivity contribution in [2.45, 2.75) is 19.4 Å². The molecule has 1 saturated heterocycles. The van der Waals surface area contributed by atoms with E-state index in [0.29, 0.717) is 17.3 Å². The molecule has 2 amide bonds. The van der Waals surface area contributed by atoms with Gasteiger partial charge in [-0.3, -0.25) is 14.5 Å². The normalized spacial score (nSPS) is 26.7. The molecule has 0 aromatic heterocycles. The minimum atomic E-state index is -0.232. The number of hydrogen-bond acceptors (Lipinski definition) is 2. The summed E-state index contributed by atoms with van der Waals surface area (Å²) in [6, 6.07) is -0.0727. The van der Waals surface area contributed by atoms with Crippen molar-refractivity contribution in [1.82, 2.24) is 4.90 Å². The molecule has 1 aliphatic carbocycles. The molecule has 2 atom stereocenters. The first-order valence-corrected chi connectivity index (χ1v) is 6.09. The monoisotopic (exact) mass is 269 g/mol. The standard InChI is InChI=1S/C11H12BrNO2/c1-7(6-12)13-10(14)8-4-2-3-5-9(8)11(13)15/h2-4,7,9H,5-6H2,1H3/t7?,9-/m1/s1. The Morgan fingerprint density at radius 3 is 2.93 bits per heavy atom. The molecule has 15 heavy (non-hydrogen) atoms. The smallest absolute Gasteiger partial charge is 0.257 e. The van der Waals surface area contributed by atoms with Gasteiger partial charge in [0.15, 0.2) is 0 Å². The van der Waals surface area contributed by atoms with Crippen LogP contribution in [0.5, 0.6) is 0 Å². The number of carbonyl (C=O) groups is 2. The lowest BCUT2D eigenvalue weighted by molar-refractivity contribution is -0.140. The summed E-state index contributed by atoms with van der Waals surface area (Å²) in [7, 11) is 0. The Labute approximate surface area is 96.9 Å². The van der Waals surface area contributed by atoms with Gasteiger partial charge in [0.25, 0.3) is 5.91 Å². The molecule has 1 heterocycles. The number of halogens is 1. The zero-order chi connectivity index (χ0) is 11.0. The second-order valence-corrected chi connectivity index (χ2v) is 4.50. The summed E-state index contributed by atoms with van der Waals surface area (Å²) in [4.78, 5) is 25.3. The maximum absolute atomic E-state index is 12.0. The number of likely N-dealkylation sites (tertiary alicyclic amines) is 1. The first-order chi connectivity index (χ1) is 7.16. The highest BCUT2D eigenvalue weighted by atomic mass is 79.9. The van der Waals surface area contributed by atoms with E-state index in [1.165, 1.54) is 4.90 Å². The van der Waals surface area contributed by atoms with Crippen molar-refractivity contribution in [1.29, 1.82) is 0 Å². The summed E-state index contributed by atoms with van der Waals surface area (Å²) >= 11 is 3.30. The van der Waals surface area contributed by atoms with Gasteiger partial charge in [0, 0.05) is 16.9 Å². The van der Waals surface area contributed by atoms with Crippen LogP contribution in [0.3, 0.4) is 0 Å². The Morgan fingerprint density at radius 1 is 1.60 bits per heavy atom. The highest BCUT2D eigenvalue weighted by Crippen LogP contribution is 2.32. The van der Waals surface area contributed by atoms with Crippen molar-refractivity contribution < 1.29 is 9.59 Å². The molecule has 0 bridgehead atoms. The lowest BCUT2D eigenvalue weighted by Gasteiger charge is -2.20. The zero-order valence-electron chi connectivity index (χ0n) is 8.44. The third-order valence-electron chi connectivity index (χ3n) is 2.82. The van der Waals surface area contributed by atoms with Crippen LogP contribution >= 0.6 is 15.9 Å². The van der Waals surface area contributed by atoms with Crippen LogP contribution in [0, 0.1) is 5.92 Å². The molecule has 4 heteroatoms. The van der Waals surface area contributed by atoms with E-state index in [9.17, 15) is 9.59 Å². The van der Waals surface area contributed by atoms with Crippen molar-refractivity contribution in [3.63, 3.8) is 0 Å². The van der Waals surface area contributed by atoms with Crippen LogP contribution < -0.4 is 0 Å². The quantitative estimate of drug-likeness (QED) is 0.565. The molecule has 0 aromatic rings. The van der Waals surface area contributed by atoms with Crippen LogP contribution in [0.4, 0.5) is 0 Å². The van der Waals surface area contributed by atoms with Gasteiger partial charge in [0.05, 0.1) is 5.92 Å². The lowest BCUT2D eigenvalue weighted by atomic mass is 9.94. The van der Waals surface area contributed by atoms with Gasteiger partial charge in [-0.05, 0) is 13.3 Å². The van der Waals surface area contributed by atoms with Gasteiger partial charge in [-0.1, -0.05) is 34.2 Å². The first kappa shape index (κ1) is 10.6. The van der Waals surface area contributed by atoms with Gasteiger partial charge in [-0.15, -0.1) is 0 Å². The number of amides is 2. The number of allylic oxidation sites excluding steroid dienone is 3. The van der Waals surface area contributed by atoms with Crippen molar-refractivity contribution in [2.75, 3.05) is 5.33 Å². The lowest BCUT2D eigenvalue weighted by Crippen LogP contribution is -2.39. The summed E-state index contributed by atoms with van der Waals surface area (Å²) < 4.78 is 0. The van der Waals surface area contributed by atoms with Crippen LogP contribution in [0.15, 0.2) is 23.8 Å². The highest BCUT2D eigenvalue weighted by Gasteiger charge is 2.44. The molecule has 0 aromatic carbocycles. The maximum Gasteiger partial charge on any atom is 0.257 e. The fourth-order valence-corrected chi connectivity index (χ4v) is 2.27. The van der Waals surface area contributed by atoms with Gasteiger partial charge in [-0.25, -0.2) is 0 Å². The number of alkyl halides is 1.